The molecule has 1 aromatic rings. The van der Waals surface area contributed by atoms with Gasteiger partial charge in [0.25, 0.3) is 5.69 Å². The van der Waals surface area contributed by atoms with Crippen LogP contribution < -0.4 is 5.32 Å². The Morgan fingerprint density at radius 3 is 2.68 bits per heavy atom. The van der Waals surface area contributed by atoms with Crippen molar-refractivity contribution in [1.82, 2.24) is 10.2 Å². The number of nitrogens with one attached hydrogen (secondary N) is 1. The van der Waals surface area contributed by atoms with Crippen LogP contribution >= 0.6 is 0 Å². The Hall–Kier alpha value is -1.46. The van der Waals surface area contributed by atoms with Gasteiger partial charge in [0.1, 0.15) is 0 Å². The summed E-state index contributed by atoms with van der Waals surface area (Å²) in [6.45, 7) is 5.79. The Balaban J connectivity index is 2.11. The molecule has 0 atom stereocenters. The van der Waals surface area contributed by atoms with E-state index < -0.39 is 0 Å². The molecule has 0 bridgehead atoms. The second-order valence-corrected chi connectivity index (χ2v) is 4.93. The highest BCUT2D eigenvalue weighted by Gasteiger charge is 2.22. The van der Waals surface area contributed by atoms with Crippen LogP contribution in [0.3, 0.4) is 0 Å². The van der Waals surface area contributed by atoms with Crippen LogP contribution in [-0.2, 0) is 6.54 Å². The van der Waals surface area contributed by atoms with Crippen molar-refractivity contribution in [3.05, 3.63) is 39.9 Å². The van der Waals surface area contributed by atoms with Crippen molar-refractivity contribution in [2.75, 3.05) is 19.6 Å². The number of piperidine rings is 1. The van der Waals surface area contributed by atoms with E-state index in [1.807, 2.05) is 12.1 Å². The monoisotopic (exact) mass is 263 g/mol. The third-order valence-corrected chi connectivity index (χ3v) is 3.79. The lowest BCUT2D eigenvalue weighted by Gasteiger charge is -2.33. The first-order chi connectivity index (χ1) is 9.22. The SMILES string of the molecule is CCN(Cc1ccccc1[N+](=O)[O-])C1CCNCC1. The van der Waals surface area contributed by atoms with Crippen LogP contribution in [0.1, 0.15) is 25.3 Å². The fraction of sp³-hybridized carbons (Fsp3) is 0.571. The first kappa shape index (κ1) is 14.0. The molecule has 5 nitrogen and oxygen atoms in total. The highest BCUT2D eigenvalue weighted by atomic mass is 16.6. The van der Waals surface area contributed by atoms with Crippen LogP contribution in [0.2, 0.25) is 0 Å². The Kier molecular flexibility index (Phi) is 4.87. The van der Waals surface area contributed by atoms with Gasteiger partial charge in [-0.15, -0.1) is 0 Å². The van der Waals surface area contributed by atoms with E-state index in [1.165, 1.54) is 0 Å². The molecule has 19 heavy (non-hydrogen) atoms. The van der Waals surface area contributed by atoms with E-state index in [-0.39, 0.29) is 10.6 Å². The number of hydrogen-bond acceptors (Lipinski definition) is 4. The van der Waals surface area contributed by atoms with Gasteiger partial charge in [-0.3, -0.25) is 15.0 Å². The van der Waals surface area contributed by atoms with Crippen molar-refractivity contribution >= 4 is 5.69 Å². The average Bonchev–Trinajstić information content (AvgIpc) is 2.46. The molecule has 0 spiro atoms. The van der Waals surface area contributed by atoms with E-state index in [0.717, 1.165) is 38.0 Å². The van der Waals surface area contributed by atoms with Crippen LogP contribution in [0.15, 0.2) is 24.3 Å². The number of nitro groups is 1. The summed E-state index contributed by atoms with van der Waals surface area (Å²) in [6.07, 6.45) is 2.24. The Labute approximate surface area is 113 Å². The Bertz CT molecular complexity index is 430. The van der Waals surface area contributed by atoms with Crippen LogP contribution in [0.4, 0.5) is 5.69 Å². The molecule has 0 aliphatic carbocycles. The molecule has 1 aliphatic heterocycles. The van der Waals surface area contributed by atoms with Crippen molar-refractivity contribution < 1.29 is 4.92 Å². The lowest BCUT2D eigenvalue weighted by molar-refractivity contribution is -0.385. The maximum atomic E-state index is 11.0. The minimum Gasteiger partial charge on any atom is -0.317 e. The van der Waals surface area contributed by atoms with Crippen molar-refractivity contribution in [2.24, 2.45) is 0 Å². The quantitative estimate of drug-likeness (QED) is 0.653. The van der Waals surface area contributed by atoms with E-state index in [2.05, 4.69) is 17.1 Å². The van der Waals surface area contributed by atoms with Crippen molar-refractivity contribution in [3.8, 4) is 0 Å². The van der Waals surface area contributed by atoms with Gasteiger partial charge in [-0.1, -0.05) is 25.1 Å². The normalized spacial score (nSPS) is 16.7. The summed E-state index contributed by atoms with van der Waals surface area (Å²) in [5.74, 6) is 0. The third-order valence-electron chi connectivity index (χ3n) is 3.79. The molecule has 1 heterocycles. The molecule has 1 saturated heterocycles. The molecule has 1 aliphatic rings. The van der Waals surface area contributed by atoms with Gasteiger partial charge in [-0.2, -0.15) is 0 Å². The average molecular weight is 263 g/mol. The van der Waals surface area contributed by atoms with Gasteiger partial charge < -0.3 is 5.32 Å². The number of hydrogen-bond donors (Lipinski definition) is 1. The summed E-state index contributed by atoms with van der Waals surface area (Å²) in [7, 11) is 0. The van der Waals surface area contributed by atoms with E-state index in [1.54, 1.807) is 12.1 Å². The summed E-state index contributed by atoms with van der Waals surface area (Å²) in [5.41, 5.74) is 1.04. The summed E-state index contributed by atoms with van der Waals surface area (Å²) >= 11 is 0. The van der Waals surface area contributed by atoms with Gasteiger partial charge in [0.05, 0.1) is 4.92 Å². The number of nitro benzene ring substituents is 1. The number of benzene rings is 1. The molecule has 5 heteroatoms. The second kappa shape index (κ2) is 6.63. The Morgan fingerprint density at radius 1 is 1.37 bits per heavy atom. The summed E-state index contributed by atoms with van der Waals surface area (Å²) < 4.78 is 0. The van der Waals surface area contributed by atoms with Gasteiger partial charge in [0.15, 0.2) is 0 Å². The van der Waals surface area contributed by atoms with E-state index in [4.69, 9.17) is 0 Å². The molecule has 2 rings (SSSR count). The van der Waals surface area contributed by atoms with Crippen LogP contribution in [0.25, 0.3) is 0 Å². The Morgan fingerprint density at radius 2 is 2.05 bits per heavy atom. The molecule has 0 amide bonds. The molecule has 1 N–H and O–H groups in total. The maximum absolute atomic E-state index is 11.0. The third kappa shape index (κ3) is 3.52. The van der Waals surface area contributed by atoms with Gasteiger partial charge in [0, 0.05) is 24.2 Å². The molecular formula is C14H21N3O2. The molecule has 104 valence electrons. The maximum Gasteiger partial charge on any atom is 0.273 e. The molecule has 0 saturated carbocycles. The smallest absolute Gasteiger partial charge is 0.273 e. The first-order valence-corrected chi connectivity index (χ1v) is 6.89. The minimum atomic E-state index is -0.286. The summed E-state index contributed by atoms with van der Waals surface area (Å²) in [6, 6.07) is 7.58. The van der Waals surface area contributed by atoms with E-state index in [9.17, 15) is 10.1 Å². The van der Waals surface area contributed by atoms with Crippen LogP contribution in [-0.4, -0.2) is 35.5 Å². The molecule has 0 aromatic heterocycles. The number of nitrogens with zero attached hydrogens (tertiary/aromatic N) is 2. The topological polar surface area (TPSA) is 58.4 Å². The van der Waals surface area contributed by atoms with Crippen LogP contribution in [0.5, 0.6) is 0 Å². The predicted octanol–water partition coefficient (Wildman–Crippen LogP) is 2.17. The predicted molar refractivity (Wildman–Crippen MR) is 75.1 cm³/mol. The molecule has 0 unspecified atom stereocenters. The number of para-hydroxylation sites is 1. The fourth-order valence-electron chi connectivity index (χ4n) is 2.71. The van der Waals surface area contributed by atoms with Crippen molar-refractivity contribution in [3.63, 3.8) is 0 Å². The largest absolute Gasteiger partial charge is 0.317 e. The zero-order valence-electron chi connectivity index (χ0n) is 11.3. The molecule has 1 aromatic carbocycles. The zero-order valence-corrected chi connectivity index (χ0v) is 11.3. The van der Waals surface area contributed by atoms with Gasteiger partial charge in [0.2, 0.25) is 0 Å². The zero-order chi connectivity index (χ0) is 13.7. The van der Waals surface area contributed by atoms with Gasteiger partial charge in [-0.25, -0.2) is 0 Å². The minimum absolute atomic E-state index is 0.231. The molecule has 0 radical (unpaired) electrons. The second-order valence-electron chi connectivity index (χ2n) is 4.93. The van der Waals surface area contributed by atoms with E-state index in [0.29, 0.717) is 12.6 Å². The van der Waals surface area contributed by atoms with Crippen LogP contribution in [0, 0.1) is 10.1 Å². The summed E-state index contributed by atoms with van der Waals surface area (Å²) in [5, 5.41) is 14.4. The number of rotatable bonds is 5. The van der Waals surface area contributed by atoms with Gasteiger partial charge in [-0.05, 0) is 32.5 Å². The molecule has 1 fully saturated rings. The van der Waals surface area contributed by atoms with E-state index >= 15 is 0 Å². The van der Waals surface area contributed by atoms with Crippen molar-refractivity contribution in [1.29, 1.82) is 0 Å². The van der Waals surface area contributed by atoms with Gasteiger partial charge >= 0.3 is 0 Å². The summed E-state index contributed by atoms with van der Waals surface area (Å²) in [4.78, 5) is 13.1. The first-order valence-electron chi connectivity index (χ1n) is 6.89. The highest BCUT2D eigenvalue weighted by Crippen LogP contribution is 2.22. The lowest BCUT2D eigenvalue weighted by atomic mass is 10.0. The standard InChI is InChI=1S/C14H21N3O2/c1-2-16(13-7-9-15-10-8-13)11-12-5-3-4-6-14(12)17(18)19/h3-6,13,15H,2,7-11H2,1H3. The fourth-order valence-corrected chi connectivity index (χ4v) is 2.71. The van der Waals surface area contributed by atoms with Crippen molar-refractivity contribution in [2.45, 2.75) is 32.4 Å². The lowest BCUT2D eigenvalue weighted by Crippen LogP contribution is -2.42. The highest BCUT2D eigenvalue weighted by molar-refractivity contribution is 5.39. The molecular weight excluding hydrogens is 242 g/mol.